The van der Waals surface area contributed by atoms with Gasteiger partial charge in [-0.2, -0.15) is 0 Å². The van der Waals surface area contributed by atoms with E-state index < -0.39 is 0 Å². The molecule has 0 radical (unpaired) electrons. The van der Waals surface area contributed by atoms with Crippen LogP contribution < -0.4 is 0 Å². The van der Waals surface area contributed by atoms with Crippen LogP contribution in [-0.4, -0.2) is 31.7 Å². The molecule has 3 aromatic rings. The fourth-order valence-electron chi connectivity index (χ4n) is 2.02. The number of hydrogen-bond acceptors (Lipinski definition) is 6. The van der Waals surface area contributed by atoms with Crippen molar-refractivity contribution in [3.05, 3.63) is 40.9 Å². The quantitative estimate of drug-likeness (QED) is 0.756. The first-order chi connectivity index (χ1) is 10.3. The molecule has 110 valence electrons. The van der Waals surface area contributed by atoms with Crippen molar-refractivity contribution in [1.29, 1.82) is 0 Å². The summed E-state index contributed by atoms with van der Waals surface area (Å²) in [5.41, 5.74) is 1.74. The lowest BCUT2D eigenvalue weighted by molar-refractivity contribution is 0.288. The van der Waals surface area contributed by atoms with Gasteiger partial charge in [0, 0.05) is 12.8 Å². The van der Waals surface area contributed by atoms with Gasteiger partial charge in [0.2, 0.25) is 5.89 Å². The van der Waals surface area contributed by atoms with Gasteiger partial charge in [0.1, 0.15) is 11.5 Å². The van der Waals surface area contributed by atoms with Crippen molar-refractivity contribution in [1.82, 2.24) is 20.0 Å². The minimum atomic E-state index is 0.166. The van der Waals surface area contributed by atoms with Crippen LogP contribution in [0.2, 0.25) is 0 Å². The van der Waals surface area contributed by atoms with Crippen LogP contribution in [0.4, 0.5) is 0 Å². The highest BCUT2D eigenvalue weighted by Crippen LogP contribution is 2.26. The van der Waals surface area contributed by atoms with E-state index in [1.807, 2.05) is 30.6 Å². The minimum Gasteiger partial charge on any atom is -0.440 e. The van der Waals surface area contributed by atoms with Crippen molar-refractivity contribution >= 4 is 11.3 Å². The SMILES string of the molecule is Cc1oc(-c2cccs2)nc1Cn1cc(CCCO)nn1. The van der Waals surface area contributed by atoms with Crippen LogP contribution in [0.25, 0.3) is 10.8 Å². The van der Waals surface area contributed by atoms with Crippen LogP contribution in [-0.2, 0) is 13.0 Å². The van der Waals surface area contributed by atoms with Gasteiger partial charge >= 0.3 is 0 Å². The van der Waals surface area contributed by atoms with Gasteiger partial charge in [-0.25, -0.2) is 9.67 Å². The Kier molecular flexibility index (Phi) is 4.12. The molecule has 0 aromatic carbocycles. The summed E-state index contributed by atoms with van der Waals surface area (Å²) in [4.78, 5) is 5.55. The van der Waals surface area contributed by atoms with Gasteiger partial charge in [0.25, 0.3) is 0 Å². The van der Waals surface area contributed by atoms with Crippen LogP contribution in [0.5, 0.6) is 0 Å². The number of aliphatic hydroxyl groups excluding tert-OH is 1. The van der Waals surface area contributed by atoms with Crippen molar-refractivity contribution < 1.29 is 9.52 Å². The highest BCUT2D eigenvalue weighted by Gasteiger charge is 2.13. The van der Waals surface area contributed by atoms with Crippen molar-refractivity contribution in [2.24, 2.45) is 0 Å². The number of rotatable bonds is 6. The van der Waals surface area contributed by atoms with E-state index in [2.05, 4.69) is 15.3 Å². The molecule has 3 rings (SSSR count). The van der Waals surface area contributed by atoms with E-state index >= 15 is 0 Å². The highest BCUT2D eigenvalue weighted by atomic mass is 32.1. The zero-order valence-corrected chi connectivity index (χ0v) is 12.5. The highest BCUT2D eigenvalue weighted by molar-refractivity contribution is 7.13. The molecule has 0 unspecified atom stereocenters. The molecule has 21 heavy (non-hydrogen) atoms. The number of aryl methyl sites for hydroxylation is 2. The molecule has 0 spiro atoms. The summed E-state index contributed by atoms with van der Waals surface area (Å²) >= 11 is 1.60. The third-order valence-electron chi connectivity index (χ3n) is 3.11. The van der Waals surface area contributed by atoms with Gasteiger partial charge in [-0.15, -0.1) is 16.4 Å². The van der Waals surface area contributed by atoms with Crippen LogP contribution in [0, 0.1) is 6.92 Å². The van der Waals surface area contributed by atoms with Crippen molar-refractivity contribution in [3.8, 4) is 10.8 Å². The predicted octanol–water partition coefficient (Wildman–Crippen LogP) is 2.28. The van der Waals surface area contributed by atoms with E-state index in [1.54, 1.807) is 16.0 Å². The first-order valence-corrected chi connectivity index (χ1v) is 7.64. The average molecular weight is 304 g/mol. The Morgan fingerprint density at radius 2 is 2.33 bits per heavy atom. The molecule has 0 saturated heterocycles. The largest absolute Gasteiger partial charge is 0.440 e. The summed E-state index contributed by atoms with van der Waals surface area (Å²) in [7, 11) is 0. The Labute approximate surface area is 126 Å². The normalized spacial score (nSPS) is 11.1. The lowest BCUT2D eigenvalue weighted by Gasteiger charge is -1.96. The van der Waals surface area contributed by atoms with Gasteiger partial charge in [-0.05, 0) is 31.2 Å². The summed E-state index contributed by atoms with van der Waals surface area (Å²) in [6.45, 7) is 2.61. The van der Waals surface area contributed by atoms with Gasteiger partial charge in [-0.3, -0.25) is 0 Å². The molecule has 6 nitrogen and oxygen atoms in total. The third kappa shape index (κ3) is 3.20. The molecule has 7 heteroatoms. The van der Waals surface area contributed by atoms with E-state index in [9.17, 15) is 0 Å². The molecule has 0 fully saturated rings. The zero-order chi connectivity index (χ0) is 14.7. The molecule has 0 amide bonds. The van der Waals surface area contributed by atoms with Crippen molar-refractivity contribution in [3.63, 3.8) is 0 Å². The Morgan fingerprint density at radius 3 is 3.10 bits per heavy atom. The average Bonchev–Trinajstić information content (AvgIpc) is 3.19. The second kappa shape index (κ2) is 6.19. The van der Waals surface area contributed by atoms with Gasteiger partial charge in [0.05, 0.1) is 17.1 Å². The van der Waals surface area contributed by atoms with E-state index in [-0.39, 0.29) is 6.61 Å². The second-order valence-corrected chi connectivity index (χ2v) is 5.68. The molecule has 0 bridgehead atoms. The predicted molar refractivity (Wildman–Crippen MR) is 79.1 cm³/mol. The van der Waals surface area contributed by atoms with Crippen LogP contribution in [0.1, 0.15) is 23.6 Å². The molecule has 3 heterocycles. The Hall–Kier alpha value is -1.99. The molecule has 0 atom stereocenters. The number of aromatic nitrogens is 4. The molecule has 0 saturated carbocycles. The Morgan fingerprint density at radius 1 is 1.43 bits per heavy atom. The molecule has 0 aliphatic rings. The van der Waals surface area contributed by atoms with Crippen molar-refractivity contribution in [2.75, 3.05) is 6.61 Å². The number of thiophene rings is 1. The standard InChI is InChI=1S/C14H16N4O2S/c1-10-12(15-14(20-10)13-5-3-7-21-13)9-18-8-11(16-17-18)4-2-6-19/h3,5,7-8,19H,2,4,6,9H2,1H3. The number of nitrogens with zero attached hydrogens (tertiary/aromatic N) is 4. The van der Waals surface area contributed by atoms with Gasteiger partial charge in [-0.1, -0.05) is 11.3 Å². The fourth-order valence-corrected chi connectivity index (χ4v) is 2.67. The molecular formula is C14H16N4O2S. The van der Waals surface area contributed by atoms with Crippen LogP contribution in [0.15, 0.2) is 28.1 Å². The maximum absolute atomic E-state index is 8.82. The van der Waals surface area contributed by atoms with Crippen LogP contribution in [0.3, 0.4) is 0 Å². The van der Waals surface area contributed by atoms with E-state index in [0.717, 1.165) is 28.4 Å². The van der Waals surface area contributed by atoms with Crippen LogP contribution >= 0.6 is 11.3 Å². The lowest BCUT2D eigenvalue weighted by Crippen LogP contribution is -2.02. The summed E-state index contributed by atoms with van der Waals surface area (Å²) in [6, 6.07) is 3.96. The van der Waals surface area contributed by atoms with Gasteiger partial charge < -0.3 is 9.52 Å². The molecule has 1 N–H and O–H groups in total. The first kappa shape index (κ1) is 14.0. The summed E-state index contributed by atoms with van der Waals surface area (Å²) in [6.07, 6.45) is 3.31. The molecule has 0 aliphatic heterocycles. The summed E-state index contributed by atoms with van der Waals surface area (Å²) < 4.78 is 7.45. The summed E-state index contributed by atoms with van der Waals surface area (Å²) in [5, 5.41) is 19.0. The van der Waals surface area contributed by atoms with Crippen molar-refractivity contribution in [2.45, 2.75) is 26.3 Å². The first-order valence-electron chi connectivity index (χ1n) is 6.76. The van der Waals surface area contributed by atoms with E-state index in [4.69, 9.17) is 9.52 Å². The Bertz CT molecular complexity index is 702. The topological polar surface area (TPSA) is 77.0 Å². The maximum Gasteiger partial charge on any atom is 0.236 e. The monoisotopic (exact) mass is 304 g/mol. The minimum absolute atomic E-state index is 0.166. The second-order valence-electron chi connectivity index (χ2n) is 4.73. The summed E-state index contributed by atoms with van der Waals surface area (Å²) in [5.74, 6) is 1.45. The smallest absolute Gasteiger partial charge is 0.236 e. The molecule has 0 aliphatic carbocycles. The Balaban J connectivity index is 1.74. The third-order valence-corrected chi connectivity index (χ3v) is 3.97. The molecular weight excluding hydrogens is 288 g/mol. The number of hydrogen-bond donors (Lipinski definition) is 1. The van der Waals surface area contributed by atoms with E-state index in [1.165, 1.54) is 0 Å². The number of oxazole rings is 1. The fraction of sp³-hybridized carbons (Fsp3) is 0.357. The van der Waals surface area contributed by atoms with E-state index in [0.29, 0.717) is 18.9 Å². The number of aliphatic hydroxyl groups is 1. The zero-order valence-electron chi connectivity index (χ0n) is 11.7. The van der Waals surface area contributed by atoms with Gasteiger partial charge in [0.15, 0.2) is 0 Å². The lowest BCUT2D eigenvalue weighted by atomic mass is 10.2. The molecule has 3 aromatic heterocycles. The maximum atomic E-state index is 8.82.